The van der Waals surface area contributed by atoms with Gasteiger partial charge in [-0.1, -0.05) is 35.3 Å². The fraction of sp³-hybridized carbons (Fsp3) is 0.235. The smallest absolute Gasteiger partial charge is 0.196 e. The molecule has 0 saturated carbocycles. The van der Waals surface area contributed by atoms with E-state index in [-0.39, 0.29) is 32.7 Å². The summed E-state index contributed by atoms with van der Waals surface area (Å²) in [6, 6.07) is 19.5. The Balaban J connectivity index is 1.34. The second-order valence-corrected chi connectivity index (χ2v) is 11.8. The molecule has 0 radical (unpaired) electrons. The van der Waals surface area contributed by atoms with E-state index in [1.54, 1.807) is 0 Å². The van der Waals surface area contributed by atoms with Crippen LogP contribution in [0.3, 0.4) is 0 Å². The van der Waals surface area contributed by atoms with Gasteiger partial charge in [-0.05, 0) is 122 Å². The topological polar surface area (TPSA) is 58.2 Å². The van der Waals surface area contributed by atoms with Crippen molar-refractivity contribution in [3.05, 3.63) is 115 Å². The van der Waals surface area contributed by atoms with Crippen molar-refractivity contribution < 1.29 is 9.59 Å². The normalized spacial score (nSPS) is 15.6. The van der Waals surface area contributed by atoms with Crippen LogP contribution >= 0.6 is 23.2 Å². The average molecular weight is 568 g/mol. The highest BCUT2D eigenvalue weighted by Crippen LogP contribution is 2.41. The van der Waals surface area contributed by atoms with E-state index in [9.17, 15) is 9.59 Å². The summed E-state index contributed by atoms with van der Waals surface area (Å²) in [5.41, 5.74) is 9.66. The van der Waals surface area contributed by atoms with Gasteiger partial charge in [-0.3, -0.25) is 9.59 Å². The molecule has 0 amide bonds. The molecule has 0 spiro atoms. The molecule has 0 aromatic heterocycles. The fourth-order valence-electron chi connectivity index (χ4n) is 6.41. The maximum Gasteiger partial charge on any atom is 0.196 e. The number of ketones is 2. The average Bonchev–Trinajstić information content (AvgIpc) is 2.97. The van der Waals surface area contributed by atoms with Gasteiger partial charge in [0, 0.05) is 22.5 Å². The molecule has 0 bridgehead atoms. The minimum atomic E-state index is -0.252. The molecule has 6 heteroatoms. The van der Waals surface area contributed by atoms with Crippen molar-refractivity contribution in [1.29, 1.82) is 0 Å². The molecule has 2 N–H and O–H groups in total. The molecule has 200 valence electrons. The van der Waals surface area contributed by atoms with E-state index in [1.165, 1.54) is 60.1 Å². The van der Waals surface area contributed by atoms with Gasteiger partial charge in [-0.25, -0.2) is 0 Å². The van der Waals surface area contributed by atoms with Crippen molar-refractivity contribution in [1.82, 2.24) is 0 Å². The van der Waals surface area contributed by atoms with E-state index in [0.717, 1.165) is 37.1 Å². The third-order valence-corrected chi connectivity index (χ3v) is 9.19. The van der Waals surface area contributed by atoms with Crippen LogP contribution in [0, 0.1) is 0 Å². The van der Waals surface area contributed by atoms with E-state index in [0.29, 0.717) is 22.5 Å². The Morgan fingerprint density at radius 3 is 1.32 bits per heavy atom. The van der Waals surface area contributed by atoms with Crippen LogP contribution in [-0.2, 0) is 25.7 Å². The van der Waals surface area contributed by atoms with Crippen LogP contribution in [-0.4, -0.2) is 11.6 Å². The minimum Gasteiger partial charge on any atom is -0.355 e. The van der Waals surface area contributed by atoms with E-state index in [4.69, 9.17) is 23.2 Å². The molecule has 0 atom stereocenters. The van der Waals surface area contributed by atoms with Gasteiger partial charge in [0.2, 0.25) is 0 Å². The van der Waals surface area contributed by atoms with Crippen molar-refractivity contribution in [2.75, 3.05) is 10.6 Å². The molecule has 0 saturated heterocycles. The van der Waals surface area contributed by atoms with Gasteiger partial charge < -0.3 is 10.6 Å². The highest BCUT2D eigenvalue weighted by atomic mass is 35.5. The zero-order valence-electron chi connectivity index (χ0n) is 22.0. The molecule has 4 nitrogen and oxygen atoms in total. The summed E-state index contributed by atoms with van der Waals surface area (Å²) in [5, 5.41) is 7.42. The molecule has 0 fully saturated rings. The number of halogens is 2. The van der Waals surface area contributed by atoms with Crippen molar-refractivity contribution in [3.8, 4) is 0 Å². The summed E-state index contributed by atoms with van der Waals surface area (Å²) in [6.07, 6.45) is 9.10. The summed E-state index contributed by atoms with van der Waals surface area (Å²) < 4.78 is 0. The second-order valence-electron chi connectivity index (χ2n) is 11.0. The van der Waals surface area contributed by atoms with Crippen LogP contribution in [0.1, 0.15) is 79.8 Å². The zero-order valence-corrected chi connectivity index (χ0v) is 23.5. The van der Waals surface area contributed by atoms with Gasteiger partial charge in [0.1, 0.15) is 0 Å². The van der Waals surface area contributed by atoms with Gasteiger partial charge in [-0.2, -0.15) is 0 Å². The number of hydrogen-bond acceptors (Lipinski definition) is 4. The number of fused-ring (bicyclic) bond motifs is 4. The van der Waals surface area contributed by atoms with E-state index >= 15 is 0 Å². The van der Waals surface area contributed by atoms with Crippen molar-refractivity contribution in [2.45, 2.75) is 51.4 Å². The summed E-state index contributed by atoms with van der Waals surface area (Å²) >= 11 is 12.6. The Morgan fingerprint density at radius 1 is 0.500 bits per heavy atom. The first-order chi connectivity index (χ1) is 19.5. The molecule has 3 aliphatic carbocycles. The molecule has 4 aromatic rings. The van der Waals surface area contributed by atoms with Crippen LogP contribution in [0.4, 0.5) is 22.7 Å². The lowest BCUT2D eigenvalue weighted by Crippen LogP contribution is -2.23. The summed E-state index contributed by atoms with van der Waals surface area (Å²) in [6.45, 7) is 0. The quantitative estimate of drug-likeness (QED) is 0.228. The third kappa shape index (κ3) is 4.40. The predicted octanol–water partition coefficient (Wildman–Crippen LogP) is 9.01. The largest absolute Gasteiger partial charge is 0.355 e. The molecular weight excluding hydrogens is 539 g/mol. The van der Waals surface area contributed by atoms with E-state index in [2.05, 4.69) is 47.0 Å². The molecule has 7 rings (SSSR count). The first-order valence-electron chi connectivity index (χ1n) is 14.0. The number of aryl methyl sites for hydroxylation is 4. The van der Waals surface area contributed by atoms with Gasteiger partial charge >= 0.3 is 0 Å². The molecular formula is C34H28Cl2N2O2. The molecule has 4 aromatic carbocycles. The summed E-state index contributed by atoms with van der Waals surface area (Å²) in [5.74, 6) is -0.504. The Labute approximate surface area is 243 Å². The lowest BCUT2D eigenvalue weighted by atomic mass is 9.82. The maximum absolute atomic E-state index is 14.0. The van der Waals surface area contributed by atoms with E-state index in [1.807, 2.05) is 12.1 Å². The minimum absolute atomic E-state index is 0.248. The first kappa shape index (κ1) is 25.4. The number of carbonyl (C=O) groups excluding carboxylic acids is 2. The number of rotatable bonds is 4. The van der Waals surface area contributed by atoms with Gasteiger partial charge in [0.05, 0.1) is 32.5 Å². The molecule has 40 heavy (non-hydrogen) atoms. The standard InChI is InChI=1S/C34H28Cl2N2O2/c35-27-17-25-26(18-28(27)36)34(40)32-30(38-24-12-10-20-6-2-4-8-22(20)16-24)14-13-29(31(32)33(25)39)37-23-11-9-19-5-1-3-7-21(19)15-23/h9-18,37-38H,1-8H2. The van der Waals surface area contributed by atoms with Crippen molar-refractivity contribution in [2.24, 2.45) is 0 Å². The fourth-order valence-corrected chi connectivity index (χ4v) is 6.74. The molecule has 3 aliphatic rings. The van der Waals surface area contributed by atoms with E-state index < -0.39 is 0 Å². The van der Waals surface area contributed by atoms with Crippen LogP contribution in [0.5, 0.6) is 0 Å². The maximum atomic E-state index is 14.0. The Morgan fingerprint density at radius 2 is 0.900 bits per heavy atom. The Bertz CT molecular complexity index is 1600. The van der Waals surface area contributed by atoms with Gasteiger partial charge in [0.15, 0.2) is 11.6 Å². The number of hydrogen-bond donors (Lipinski definition) is 2. The van der Waals surface area contributed by atoms with Crippen molar-refractivity contribution in [3.63, 3.8) is 0 Å². The molecule has 0 heterocycles. The zero-order chi connectivity index (χ0) is 27.4. The van der Waals surface area contributed by atoms with Crippen LogP contribution in [0.15, 0.2) is 60.7 Å². The van der Waals surface area contributed by atoms with Gasteiger partial charge in [-0.15, -0.1) is 0 Å². The third-order valence-electron chi connectivity index (χ3n) is 8.46. The summed E-state index contributed by atoms with van der Waals surface area (Å²) in [4.78, 5) is 28.1. The second kappa shape index (κ2) is 10.1. The van der Waals surface area contributed by atoms with Gasteiger partial charge in [0.25, 0.3) is 0 Å². The number of benzene rings is 4. The van der Waals surface area contributed by atoms with Crippen molar-refractivity contribution >= 4 is 57.5 Å². The Hall–Kier alpha value is -3.60. The van der Waals surface area contributed by atoms with Crippen LogP contribution in [0.25, 0.3) is 0 Å². The highest BCUT2D eigenvalue weighted by Gasteiger charge is 2.35. The lowest BCUT2D eigenvalue weighted by Gasteiger charge is -2.25. The SMILES string of the molecule is O=C1c2cc(Cl)c(Cl)cc2C(=O)c2c(Nc3ccc4c(c3)CCCC4)ccc(Nc3ccc4c(c3)CCCC4)c21. The molecule has 0 unspecified atom stereocenters. The lowest BCUT2D eigenvalue weighted by molar-refractivity contribution is 0.0980. The predicted molar refractivity (Wildman–Crippen MR) is 163 cm³/mol. The van der Waals surface area contributed by atoms with Crippen LogP contribution < -0.4 is 10.6 Å². The number of nitrogens with one attached hydrogen (secondary N) is 2. The van der Waals surface area contributed by atoms with Crippen LogP contribution in [0.2, 0.25) is 10.0 Å². The number of carbonyl (C=O) groups is 2. The highest BCUT2D eigenvalue weighted by molar-refractivity contribution is 6.43. The summed E-state index contributed by atoms with van der Waals surface area (Å²) in [7, 11) is 0. The monoisotopic (exact) mass is 566 g/mol. The molecule has 0 aliphatic heterocycles. The number of anilines is 4. The first-order valence-corrected chi connectivity index (χ1v) is 14.7. The Kier molecular flexibility index (Phi) is 6.41.